The standard InChI is InChI=1S/C23H22N4O4S2/c1-15(2)21-19(12-25-27(21)20-6-4-5-11-24-20)23(28)31-13-17-14-32-22(26-17)16-7-9-18(10-8-16)33(3,29)30/h4-12,14-15H,13H2,1-3H3. The summed E-state index contributed by atoms with van der Waals surface area (Å²) in [6.45, 7) is 3.98. The van der Waals surface area contributed by atoms with E-state index in [1.54, 1.807) is 35.1 Å². The van der Waals surface area contributed by atoms with Crippen molar-refractivity contribution >= 4 is 27.1 Å². The maximum Gasteiger partial charge on any atom is 0.342 e. The lowest BCUT2D eigenvalue weighted by atomic mass is 10.1. The minimum Gasteiger partial charge on any atom is -0.455 e. The molecule has 0 fully saturated rings. The molecule has 0 bridgehead atoms. The van der Waals surface area contributed by atoms with Crippen LogP contribution in [0.2, 0.25) is 0 Å². The molecule has 4 rings (SSSR count). The summed E-state index contributed by atoms with van der Waals surface area (Å²) in [6, 6.07) is 12.0. The van der Waals surface area contributed by atoms with Gasteiger partial charge in [-0.1, -0.05) is 32.0 Å². The van der Waals surface area contributed by atoms with Crippen molar-refractivity contribution in [2.24, 2.45) is 0 Å². The molecule has 0 aliphatic carbocycles. The van der Waals surface area contributed by atoms with Crippen LogP contribution < -0.4 is 0 Å². The number of carbonyl (C=O) groups excluding carboxylic acids is 1. The van der Waals surface area contributed by atoms with E-state index in [9.17, 15) is 13.2 Å². The van der Waals surface area contributed by atoms with E-state index in [2.05, 4.69) is 15.1 Å². The molecule has 0 aliphatic heterocycles. The minimum atomic E-state index is -3.25. The summed E-state index contributed by atoms with van der Waals surface area (Å²) in [7, 11) is -3.25. The number of ether oxygens (including phenoxy) is 1. The van der Waals surface area contributed by atoms with Crippen molar-refractivity contribution in [1.82, 2.24) is 19.7 Å². The average molecular weight is 483 g/mol. The molecule has 0 unspecified atom stereocenters. The lowest BCUT2D eigenvalue weighted by Crippen LogP contribution is -2.11. The van der Waals surface area contributed by atoms with Crippen molar-refractivity contribution in [3.05, 3.63) is 77.2 Å². The Morgan fingerprint density at radius 2 is 1.91 bits per heavy atom. The third-order valence-electron chi connectivity index (χ3n) is 4.87. The summed E-state index contributed by atoms with van der Waals surface area (Å²) in [5.41, 5.74) is 2.52. The smallest absolute Gasteiger partial charge is 0.342 e. The van der Waals surface area contributed by atoms with Crippen molar-refractivity contribution in [3.8, 4) is 16.4 Å². The van der Waals surface area contributed by atoms with E-state index < -0.39 is 15.8 Å². The molecule has 4 aromatic rings. The Balaban J connectivity index is 1.48. The predicted molar refractivity (Wildman–Crippen MR) is 125 cm³/mol. The molecule has 0 atom stereocenters. The molecule has 0 aliphatic rings. The summed E-state index contributed by atoms with van der Waals surface area (Å²) in [5.74, 6) is 0.178. The number of sulfone groups is 1. The third kappa shape index (κ3) is 5.01. The molecular formula is C23H22N4O4S2. The van der Waals surface area contributed by atoms with Gasteiger partial charge in [-0.2, -0.15) is 5.10 Å². The number of hydrogen-bond acceptors (Lipinski definition) is 8. The highest BCUT2D eigenvalue weighted by Gasteiger charge is 2.23. The molecule has 8 nitrogen and oxygen atoms in total. The zero-order valence-corrected chi connectivity index (χ0v) is 19.9. The van der Waals surface area contributed by atoms with E-state index >= 15 is 0 Å². The molecule has 10 heteroatoms. The fourth-order valence-corrected chi connectivity index (χ4v) is 4.74. The Bertz CT molecular complexity index is 1380. The molecule has 3 heterocycles. The predicted octanol–water partition coefficient (Wildman–Crippen LogP) is 4.27. The number of hydrogen-bond donors (Lipinski definition) is 0. The molecule has 0 saturated heterocycles. The van der Waals surface area contributed by atoms with E-state index in [4.69, 9.17) is 4.74 Å². The van der Waals surface area contributed by atoms with Crippen LogP contribution in [0.25, 0.3) is 16.4 Å². The van der Waals surface area contributed by atoms with Gasteiger partial charge in [0.2, 0.25) is 0 Å². The highest BCUT2D eigenvalue weighted by molar-refractivity contribution is 7.90. The Hall–Kier alpha value is -3.37. The molecule has 1 aromatic carbocycles. The van der Waals surface area contributed by atoms with Crippen molar-refractivity contribution in [1.29, 1.82) is 0 Å². The van der Waals surface area contributed by atoms with Crippen molar-refractivity contribution in [2.45, 2.75) is 31.3 Å². The van der Waals surface area contributed by atoms with Crippen LogP contribution in [-0.2, 0) is 21.2 Å². The van der Waals surface area contributed by atoms with Crippen LogP contribution >= 0.6 is 11.3 Å². The molecule has 0 N–H and O–H groups in total. The second-order valence-corrected chi connectivity index (χ2v) is 10.6. The fraction of sp³-hybridized carbons (Fsp3) is 0.217. The van der Waals surface area contributed by atoms with Gasteiger partial charge in [0.15, 0.2) is 15.7 Å². The Morgan fingerprint density at radius 1 is 1.15 bits per heavy atom. The topological polar surface area (TPSA) is 104 Å². The largest absolute Gasteiger partial charge is 0.455 e. The summed E-state index contributed by atoms with van der Waals surface area (Å²) >= 11 is 1.40. The van der Waals surface area contributed by atoms with Crippen LogP contribution in [0.5, 0.6) is 0 Å². The normalized spacial score (nSPS) is 11.6. The van der Waals surface area contributed by atoms with E-state index in [-0.39, 0.29) is 17.4 Å². The average Bonchev–Trinajstić information content (AvgIpc) is 3.45. The molecular weight excluding hydrogens is 460 g/mol. The van der Waals surface area contributed by atoms with Crippen LogP contribution in [0, 0.1) is 0 Å². The first-order valence-corrected chi connectivity index (χ1v) is 12.9. The maximum atomic E-state index is 12.8. The van der Waals surface area contributed by atoms with Gasteiger partial charge in [0, 0.05) is 23.4 Å². The number of aromatic nitrogens is 4. The van der Waals surface area contributed by atoms with Crippen molar-refractivity contribution in [2.75, 3.05) is 6.26 Å². The Labute approximate surface area is 195 Å². The number of benzene rings is 1. The molecule has 33 heavy (non-hydrogen) atoms. The van der Waals surface area contributed by atoms with Crippen LogP contribution in [0.1, 0.15) is 41.5 Å². The number of nitrogens with zero attached hydrogens (tertiary/aromatic N) is 4. The zero-order valence-electron chi connectivity index (χ0n) is 18.3. The van der Waals surface area contributed by atoms with E-state index in [1.807, 2.05) is 37.4 Å². The molecule has 0 amide bonds. The molecule has 0 saturated carbocycles. The number of esters is 1. The van der Waals surface area contributed by atoms with Gasteiger partial charge in [0.05, 0.1) is 22.5 Å². The fourth-order valence-electron chi connectivity index (χ4n) is 3.30. The van der Waals surface area contributed by atoms with Crippen LogP contribution in [0.4, 0.5) is 0 Å². The summed E-state index contributed by atoms with van der Waals surface area (Å²) in [4.78, 5) is 21.9. The zero-order chi connectivity index (χ0) is 23.6. The first-order chi connectivity index (χ1) is 15.7. The number of thiazole rings is 1. The monoisotopic (exact) mass is 482 g/mol. The van der Waals surface area contributed by atoms with Gasteiger partial charge in [-0.25, -0.2) is 27.9 Å². The first-order valence-electron chi connectivity index (χ1n) is 10.2. The molecule has 0 radical (unpaired) electrons. The third-order valence-corrected chi connectivity index (χ3v) is 6.94. The van der Waals surface area contributed by atoms with Gasteiger partial charge in [0.25, 0.3) is 0 Å². The number of rotatable bonds is 7. The molecule has 170 valence electrons. The van der Waals surface area contributed by atoms with E-state index in [0.717, 1.165) is 11.3 Å². The lowest BCUT2D eigenvalue weighted by molar-refractivity contribution is 0.0466. The number of carbonyl (C=O) groups is 1. The summed E-state index contributed by atoms with van der Waals surface area (Å²) in [5, 5.41) is 6.88. The van der Waals surface area contributed by atoms with E-state index in [0.29, 0.717) is 22.1 Å². The van der Waals surface area contributed by atoms with Crippen molar-refractivity contribution < 1.29 is 17.9 Å². The number of pyridine rings is 1. The SMILES string of the molecule is CC(C)c1c(C(=O)OCc2csc(-c3ccc(S(C)(=O)=O)cc3)n2)cnn1-c1ccccn1. The minimum absolute atomic E-state index is 0.0169. The quantitative estimate of drug-likeness (QED) is 0.362. The van der Waals surface area contributed by atoms with Crippen LogP contribution in [0.15, 0.2) is 65.1 Å². The second-order valence-electron chi connectivity index (χ2n) is 7.71. The van der Waals surface area contributed by atoms with E-state index in [1.165, 1.54) is 23.8 Å². The van der Waals surface area contributed by atoms with Gasteiger partial charge >= 0.3 is 5.97 Å². The summed E-state index contributed by atoms with van der Waals surface area (Å²) < 4.78 is 30.4. The highest BCUT2D eigenvalue weighted by atomic mass is 32.2. The molecule has 0 spiro atoms. The van der Waals surface area contributed by atoms with Crippen LogP contribution in [-0.4, -0.2) is 40.4 Å². The Morgan fingerprint density at radius 3 is 2.55 bits per heavy atom. The molecule has 3 aromatic heterocycles. The first kappa shape index (κ1) is 22.8. The van der Waals surface area contributed by atoms with Gasteiger partial charge < -0.3 is 4.74 Å². The van der Waals surface area contributed by atoms with Gasteiger partial charge in [-0.05, 0) is 30.2 Å². The van der Waals surface area contributed by atoms with Gasteiger partial charge in [-0.15, -0.1) is 11.3 Å². The maximum absolute atomic E-state index is 12.8. The van der Waals surface area contributed by atoms with Crippen LogP contribution in [0.3, 0.4) is 0 Å². The Kier molecular flexibility index (Phi) is 6.39. The van der Waals surface area contributed by atoms with Crippen molar-refractivity contribution in [3.63, 3.8) is 0 Å². The second kappa shape index (κ2) is 9.24. The van der Waals surface area contributed by atoms with Gasteiger partial charge in [0.1, 0.15) is 17.2 Å². The summed E-state index contributed by atoms with van der Waals surface area (Å²) in [6.07, 6.45) is 4.35. The highest BCUT2D eigenvalue weighted by Crippen LogP contribution is 2.26. The lowest BCUT2D eigenvalue weighted by Gasteiger charge is -2.11. The van der Waals surface area contributed by atoms with Gasteiger partial charge in [-0.3, -0.25) is 0 Å².